The molecule has 0 saturated carbocycles. The van der Waals surface area contributed by atoms with Crippen LogP contribution in [0, 0.1) is 11.6 Å². The second-order valence-corrected chi connectivity index (χ2v) is 4.13. The van der Waals surface area contributed by atoms with Crippen molar-refractivity contribution in [1.29, 1.82) is 0 Å². The van der Waals surface area contributed by atoms with Crippen LogP contribution in [0.2, 0.25) is 0 Å². The highest BCUT2D eigenvalue weighted by Crippen LogP contribution is 2.14. The third-order valence-corrected chi connectivity index (χ3v) is 2.59. The lowest BCUT2D eigenvalue weighted by atomic mass is 10.1. The highest BCUT2D eigenvalue weighted by molar-refractivity contribution is 5.96. The van der Waals surface area contributed by atoms with Gasteiger partial charge >= 0.3 is 5.97 Å². The molecule has 110 valence electrons. The Morgan fingerprint density at radius 3 is 2.55 bits per heavy atom. The van der Waals surface area contributed by atoms with Crippen LogP contribution in [0.4, 0.5) is 8.78 Å². The van der Waals surface area contributed by atoms with E-state index < -0.39 is 23.5 Å². The van der Waals surface area contributed by atoms with Gasteiger partial charge in [-0.25, -0.2) is 8.78 Å². The monoisotopic (exact) mass is 285 g/mol. The van der Waals surface area contributed by atoms with E-state index in [0.717, 1.165) is 11.0 Å². The Bertz CT molecular complexity index is 491. The van der Waals surface area contributed by atoms with Crippen LogP contribution < -0.4 is 0 Å². The minimum atomic E-state index is -1.21. The maximum atomic E-state index is 13.6. The van der Waals surface area contributed by atoms with Crippen LogP contribution in [0.5, 0.6) is 0 Å². The second kappa shape index (κ2) is 7.57. The van der Waals surface area contributed by atoms with Crippen LogP contribution in [-0.4, -0.2) is 36.5 Å². The summed E-state index contributed by atoms with van der Waals surface area (Å²) < 4.78 is 31.5. The molecule has 0 N–H and O–H groups in total. The molecule has 0 radical (unpaired) electrons. The van der Waals surface area contributed by atoms with E-state index in [1.165, 1.54) is 12.1 Å². The fourth-order valence-electron chi connectivity index (χ4n) is 1.72. The lowest BCUT2D eigenvalue weighted by molar-refractivity contribution is -0.143. The molecule has 20 heavy (non-hydrogen) atoms. The van der Waals surface area contributed by atoms with Crippen molar-refractivity contribution in [2.24, 2.45) is 0 Å². The third-order valence-electron chi connectivity index (χ3n) is 2.59. The molecule has 0 unspecified atom stereocenters. The predicted molar refractivity (Wildman–Crippen MR) is 69.2 cm³/mol. The molecular formula is C14H17F2NO3. The zero-order valence-electron chi connectivity index (χ0n) is 11.5. The van der Waals surface area contributed by atoms with Gasteiger partial charge in [-0.2, -0.15) is 0 Å². The summed E-state index contributed by atoms with van der Waals surface area (Å²) in [6.45, 7) is 3.63. The maximum absolute atomic E-state index is 13.6. The Kier molecular flexibility index (Phi) is 6.09. The Morgan fingerprint density at radius 1 is 1.25 bits per heavy atom. The number of hydrogen-bond acceptors (Lipinski definition) is 3. The minimum Gasteiger partial charge on any atom is -0.465 e. The van der Waals surface area contributed by atoms with Crippen molar-refractivity contribution in [2.75, 3.05) is 19.7 Å². The summed E-state index contributed by atoms with van der Waals surface area (Å²) in [6, 6.07) is 3.37. The SMILES string of the molecule is CCCN(CC(=O)OCC)C(=O)c1cccc(F)c1F. The van der Waals surface area contributed by atoms with Crippen molar-refractivity contribution in [1.82, 2.24) is 4.90 Å². The van der Waals surface area contributed by atoms with Gasteiger partial charge in [-0.05, 0) is 25.5 Å². The molecule has 1 aromatic carbocycles. The topological polar surface area (TPSA) is 46.6 Å². The third kappa shape index (κ3) is 4.01. The number of carbonyl (C=O) groups is 2. The van der Waals surface area contributed by atoms with E-state index in [1.54, 1.807) is 6.92 Å². The normalized spacial score (nSPS) is 10.2. The maximum Gasteiger partial charge on any atom is 0.325 e. The first-order valence-corrected chi connectivity index (χ1v) is 6.40. The summed E-state index contributed by atoms with van der Waals surface area (Å²) in [7, 11) is 0. The van der Waals surface area contributed by atoms with Gasteiger partial charge in [0, 0.05) is 6.54 Å². The molecular weight excluding hydrogens is 268 g/mol. The zero-order valence-corrected chi connectivity index (χ0v) is 11.5. The van der Waals surface area contributed by atoms with Crippen LogP contribution in [0.1, 0.15) is 30.6 Å². The highest BCUT2D eigenvalue weighted by atomic mass is 19.2. The molecule has 0 saturated heterocycles. The molecule has 0 aliphatic rings. The molecule has 0 atom stereocenters. The molecule has 0 fully saturated rings. The molecule has 4 nitrogen and oxygen atoms in total. The first kappa shape index (κ1) is 16.1. The van der Waals surface area contributed by atoms with E-state index >= 15 is 0 Å². The molecule has 0 aliphatic heterocycles. The number of nitrogens with zero attached hydrogens (tertiary/aromatic N) is 1. The number of halogens is 2. The summed E-state index contributed by atoms with van der Waals surface area (Å²) in [5, 5.41) is 0. The Balaban J connectivity index is 2.93. The zero-order chi connectivity index (χ0) is 15.1. The molecule has 1 amide bonds. The molecule has 0 aromatic heterocycles. The van der Waals surface area contributed by atoms with Gasteiger partial charge in [0.05, 0.1) is 12.2 Å². The van der Waals surface area contributed by atoms with Gasteiger partial charge in [0.15, 0.2) is 11.6 Å². The van der Waals surface area contributed by atoms with Crippen molar-refractivity contribution in [3.63, 3.8) is 0 Å². The van der Waals surface area contributed by atoms with E-state index in [4.69, 9.17) is 4.74 Å². The Morgan fingerprint density at radius 2 is 1.95 bits per heavy atom. The Hall–Kier alpha value is -1.98. The minimum absolute atomic E-state index is 0.196. The first-order chi connectivity index (χ1) is 9.51. The van der Waals surface area contributed by atoms with Gasteiger partial charge in [-0.1, -0.05) is 13.0 Å². The van der Waals surface area contributed by atoms with Crippen molar-refractivity contribution in [2.45, 2.75) is 20.3 Å². The molecule has 0 bridgehead atoms. The van der Waals surface area contributed by atoms with Gasteiger partial charge in [0.1, 0.15) is 6.54 Å². The summed E-state index contributed by atoms with van der Waals surface area (Å²) >= 11 is 0. The average molecular weight is 285 g/mol. The molecule has 6 heteroatoms. The molecule has 0 aliphatic carbocycles. The number of amides is 1. The van der Waals surface area contributed by atoms with Crippen LogP contribution in [-0.2, 0) is 9.53 Å². The standard InChI is InChI=1S/C14H17F2NO3/c1-3-8-17(9-12(18)20-4-2)14(19)10-6-5-7-11(15)13(10)16/h5-7H,3-4,8-9H2,1-2H3. The lowest BCUT2D eigenvalue weighted by Gasteiger charge is -2.21. The fourth-order valence-corrected chi connectivity index (χ4v) is 1.72. The van der Waals surface area contributed by atoms with Crippen molar-refractivity contribution >= 4 is 11.9 Å². The largest absolute Gasteiger partial charge is 0.465 e. The van der Waals surface area contributed by atoms with Crippen LogP contribution in [0.25, 0.3) is 0 Å². The molecule has 1 aromatic rings. The quantitative estimate of drug-likeness (QED) is 0.754. The Labute approximate surface area is 116 Å². The molecule has 0 heterocycles. The highest BCUT2D eigenvalue weighted by Gasteiger charge is 2.22. The van der Waals surface area contributed by atoms with E-state index in [9.17, 15) is 18.4 Å². The number of esters is 1. The number of carbonyl (C=O) groups excluding carboxylic acids is 2. The summed E-state index contributed by atoms with van der Waals surface area (Å²) in [6.07, 6.45) is 0.585. The first-order valence-electron chi connectivity index (χ1n) is 6.40. The number of hydrogen-bond donors (Lipinski definition) is 0. The summed E-state index contributed by atoms with van der Waals surface area (Å²) in [5.41, 5.74) is -0.386. The summed E-state index contributed by atoms with van der Waals surface area (Å²) in [4.78, 5) is 24.7. The second-order valence-electron chi connectivity index (χ2n) is 4.13. The van der Waals surface area contributed by atoms with Gasteiger partial charge in [-0.15, -0.1) is 0 Å². The average Bonchev–Trinajstić information content (AvgIpc) is 2.41. The van der Waals surface area contributed by atoms with E-state index in [2.05, 4.69) is 0 Å². The lowest BCUT2D eigenvalue weighted by Crippen LogP contribution is -2.37. The van der Waals surface area contributed by atoms with E-state index in [-0.39, 0.29) is 25.3 Å². The predicted octanol–water partition coefficient (Wildman–Crippen LogP) is 2.38. The fraction of sp³-hybridized carbons (Fsp3) is 0.429. The number of rotatable bonds is 6. The van der Waals surface area contributed by atoms with E-state index in [1.807, 2.05) is 6.92 Å². The number of benzene rings is 1. The molecule has 1 rings (SSSR count). The molecule has 0 spiro atoms. The van der Waals surface area contributed by atoms with Crippen molar-refractivity contribution in [3.8, 4) is 0 Å². The van der Waals surface area contributed by atoms with Crippen LogP contribution >= 0.6 is 0 Å². The van der Waals surface area contributed by atoms with Gasteiger partial charge in [0.25, 0.3) is 5.91 Å². The van der Waals surface area contributed by atoms with Gasteiger partial charge < -0.3 is 9.64 Å². The van der Waals surface area contributed by atoms with Gasteiger partial charge in [-0.3, -0.25) is 9.59 Å². The van der Waals surface area contributed by atoms with Crippen LogP contribution in [0.15, 0.2) is 18.2 Å². The van der Waals surface area contributed by atoms with Crippen LogP contribution in [0.3, 0.4) is 0 Å². The van der Waals surface area contributed by atoms with Crippen molar-refractivity contribution in [3.05, 3.63) is 35.4 Å². The number of ether oxygens (including phenoxy) is 1. The smallest absolute Gasteiger partial charge is 0.325 e. The van der Waals surface area contributed by atoms with E-state index in [0.29, 0.717) is 6.42 Å². The summed E-state index contributed by atoms with van der Waals surface area (Å²) in [5.74, 6) is -3.60. The van der Waals surface area contributed by atoms with Crippen molar-refractivity contribution < 1.29 is 23.1 Å². The van der Waals surface area contributed by atoms with Gasteiger partial charge in [0.2, 0.25) is 0 Å².